The summed E-state index contributed by atoms with van der Waals surface area (Å²) >= 11 is 0. The first-order valence-corrected chi connectivity index (χ1v) is 22.2. The fourth-order valence-electron chi connectivity index (χ4n) is 11.2. The van der Waals surface area contributed by atoms with Crippen molar-refractivity contribution in [2.24, 2.45) is 0 Å². The molecule has 0 radical (unpaired) electrons. The average molecular weight is 754 g/mol. The van der Waals surface area contributed by atoms with Crippen molar-refractivity contribution in [3.05, 3.63) is 235 Å². The first-order valence-electron chi connectivity index (χ1n) is 20.2. The van der Waals surface area contributed by atoms with Crippen LogP contribution in [0.5, 0.6) is 0 Å². The van der Waals surface area contributed by atoms with Crippen LogP contribution in [-0.4, -0.2) is 12.6 Å². The van der Waals surface area contributed by atoms with Crippen molar-refractivity contribution in [2.45, 2.75) is 5.41 Å². The van der Waals surface area contributed by atoms with Gasteiger partial charge < -0.3 is 8.98 Å². The van der Waals surface area contributed by atoms with Crippen molar-refractivity contribution in [1.29, 1.82) is 0 Å². The third-order valence-electron chi connectivity index (χ3n) is 13.3. The van der Waals surface area contributed by atoms with Crippen LogP contribution in [0.4, 0.5) is 0 Å². The predicted octanol–water partition coefficient (Wildman–Crippen LogP) is 10.7. The van der Waals surface area contributed by atoms with Crippen LogP contribution in [0.25, 0.3) is 60.6 Å². The van der Waals surface area contributed by atoms with E-state index >= 15 is 0 Å². The molecule has 58 heavy (non-hydrogen) atoms. The molecule has 0 atom stereocenters. The summed E-state index contributed by atoms with van der Waals surface area (Å²) in [6.07, 6.45) is 0. The van der Waals surface area contributed by atoms with Crippen LogP contribution in [0, 0.1) is 0 Å². The monoisotopic (exact) mass is 753 g/mol. The predicted molar refractivity (Wildman–Crippen MR) is 243 cm³/mol. The maximum absolute atomic E-state index is 6.99. The number of fused-ring (bicyclic) bond motifs is 15. The molecule has 0 unspecified atom stereocenters. The number of para-hydroxylation sites is 4. The number of furan rings is 1. The normalized spacial score (nSPS) is 13.7. The molecular formula is C55H35NOSi. The number of hydrogen-bond donors (Lipinski definition) is 0. The van der Waals surface area contributed by atoms with Crippen LogP contribution in [0.3, 0.4) is 0 Å². The van der Waals surface area contributed by atoms with E-state index in [0.717, 1.165) is 21.9 Å². The molecule has 9 aromatic carbocycles. The molecule has 2 aromatic heterocycles. The van der Waals surface area contributed by atoms with E-state index in [4.69, 9.17) is 4.42 Å². The van der Waals surface area contributed by atoms with E-state index < -0.39 is 13.5 Å². The standard InChI is InChI=1S/C55H35NOSi/c1-3-17-36(18-4-1)58(37-19-5-2-6-20-37,52-32-16-26-44-42-24-10-14-31-51(42)57-54(44)52)38-33-34-47-50(35-38)56-49-30-13-9-23-41(49)43-25-15-29-48(53(43)56)55(47)45-27-11-7-21-39(45)40-22-8-12-28-46(40)55/h1-35H. The fraction of sp³-hybridized carbons (Fsp3) is 0.0182. The lowest BCUT2D eigenvalue weighted by Gasteiger charge is -2.41. The summed E-state index contributed by atoms with van der Waals surface area (Å²) in [5.74, 6) is 0. The highest BCUT2D eigenvalue weighted by Crippen LogP contribution is 2.60. The van der Waals surface area contributed by atoms with Crippen LogP contribution in [-0.2, 0) is 5.41 Å². The quantitative estimate of drug-likeness (QED) is 0.129. The van der Waals surface area contributed by atoms with Crippen LogP contribution in [0.1, 0.15) is 22.3 Å². The largest absolute Gasteiger partial charge is 0.456 e. The minimum atomic E-state index is -3.11. The second-order valence-electron chi connectivity index (χ2n) is 15.9. The molecule has 1 spiro atoms. The fourth-order valence-corrected chi connectivity index (χ4v) is 16.1. The topological polar surface area (TPSA) is 18.1 Å². The van der Waals surface area contributed by atoms with Gasteiger partial charge in [0, 0.05) is 21.5 Å². The Morgan fingerprint density at radius 3 is 1.71 bits per heavy atom. The van der Waals surface area contributed by atoms with Gasteiger partial charge in [-0.3, -0.25) is 0 Å². The van der Waals surface area contributed by atoms with Crippen LogP contribution < -0.4 is 20.7 Å². The number of nitrogens with zero attached hydrogens (tertiary/aromatic N) is 1. The molecule has 270 valence electrons. The Balaban J connectivity index is 1.23. The lowest BCUT2D eigenvalue weighted by molar-refractivity contribution is 0.671. The maximum atomic E-state index is 6.99. The van der Waals surface area contributed by atoms with Gasteiger partial charge in [0.15, 0.2) is 8.07 Å². The highest BCUT2D eigenvalue weighted by molar-refractivity contribution is 7.20. The summed E-state index contributed by atoms with van der Waals surface area (Å²) in [5, 5.41) is 10.1. The van der Waals surface area contributed by atoms with Gasteiger partial charge in [0.1, 0.15) is 11.2 Å². The van der Waals surface area contributed by atoms with Gasteiger partial charge in [0.2, 0.25) is 0 Å². The van der Waals surface area contributed by atoms with Crippen molar-refractivity contribution in [3.63, 3.8) is 0 Å². The first kappa shape index (κ1) is 31.9. The zero-order valence-corrected chi connectivity index (χ0v) is 32.6. The van der Waals surface area contributed by atoms with E-state index in [1.165, 1.54) is 81.6 Å². The van der Waals surface area contributed by atoms with Crippen molar-refractivity contribution in [3.8, 4) is 16.8 Å². The number of rotatable bonds is 4. The average Bonchev–Trinajstić information content (AvgIpc) is 3.94. The number of hydrogen-bond acceptors (Lipinski definition) is 1. The Morgan fingerprint density at radius 2 is 0.966 bits per heavy atom. The molecule has 0 bridgehead atoms. The smallest absolute Gasteiger partial charge is 0.184 e. The molecule has 0 N–H and O–H groups in total. The molecule has 13 rings (SSSR count). The van der Waals surface area contributed by atoms with Crippen molar-refractivity contribution in [1.82, 2.24) is 4.57 Å². The minimum absolute atomic E-state index is 0.507. The third kappa shape index (κ3) is 3.87. The molecule has 3 heteroatoms. The minimum Gasteiger partial charge on any atom is -0.456 e. The van der Waals surface area contributed by atoms with Gasteiger partial charge in [-0.05, 0) is 72.3 Å². The molecule has 0 saturated heterocycles. The van der Waals surface area contributed by atoms with Crippen molar-refractivity contribution >= 4 is 72.6 Å². The molecule has 0 fully saturated rings. The maximum Gasteiger partial charge on any atom is 0.184 e. The molecule has 2 nitrogen and oxygen atoms in total. The number of benzene rings is 9. The van der Waals surface area contributed by atoms with Crippen LogP contribution in [0.2, 0.25) is 0 Å². The molecule has 3 heterocycles. The van der Waals surface area contributed by atoms with Gasteiger partial charge >= 0.3 is 0 Å². The van der Waals surface area contributed by atoms with Crippen molar-refractivity contribution < 1.29 is 4.42 Å². The summed E-state index contributed by atoms with van der Waals surface area (Å²) in [4.78, 5) is 0. The second-order valence-corrected chi connectivity index (χ2v) is 19.7. The molecular weight excluding hydrogens is 719 g/mol. The Morgan fingerprint density at radius 1 is 0.397 bits per heavy atom. The van der Waals surface area contributed by atoms with E-state index in [-0.39, 0.29) is 0 Å². The lowest BCUT2D eigenvalue weighted by atomic mass is 9.65. The lowest BCUT2D eigenvalue weighted by Crippen LogP contribution is -2.75. The molecule has 2 aliphatic rings. The summed E-state index contributed by atoms with van der Waals surface area (Å²) in [6, 6.07) is 79.5. The molecule has 0 saturated carbocycles. The van der Waals surface area contributed by atoms with Gasteiger partial charge in [-0.15, -0.1) is 0 Å². The van der Waals surface area contributed by atoms with E-state index in [9.17, 15) is 0 Å². The van der Waals surface area contributed by atoms with Gasteiger partial charge in [-0.1, -0.05) is 194 Å². The SMILES string of the molecule is c1ccc([Si](c2ccccc2)(c2ccc3c(c2)-n2c4ccccc4c4cccc(c42)C32c3ccccc3-c3ccccc32)c2cccc3c2oc2ccccc23)cc1. The second kappa shape index (κ2) is 11.7. The van der Waals surface area contributed by atoms with Crippen LogP contribution >= 0.6 is 0 Å². The summed E-state index contributed by atoms with van der Waals surface area (Å²) in [5.41, 5.74) is 13.1. The van der Waals surface area contributed by atoms with Gasteiger partial charge in [-0.25, -0.2) is 0 Å². The van der Waals surface area contributed by atoms with Gasteiger partial charge in [0.05, 0.1) is 22.1 Å². The number of aromatic nitrogens is 1. The molecule has 11 aromatic rings. The summed E-state index contributed by atoms with van der Waals surface area (Å²) in [7, 11) is -3.11. The van der Waals surface area contributed by atoms with E-state index in [1.54, 1.807) is 0 Å². The van der Waals surface area contributed by atoms with Crippen LogP contribution in [0.15, 0.2) is 217 Å². The van der Waals surface area contributed by atoms with Gasteiger partial charge in [-0.2, -0.15) is 0 Å². The molecule has 0 amide bonds. The Hall–Kier alpha value is -7.20. The zero-order valence-electron chi connectivity index (χ0n) is 31.6. The Labute approximate surface area is 336 Å². The molecule has 1 aliphatic carbocycles. The van der Waals surface area contributed by atoms with E-state index in [0.29, 0.717) is 0 Å². The highest BCUT2D eigenvalue weighted by Gasteiger charge is 2.52. The summed E-state index contributed by atoms with van der Waals surface area (Å²) < 4.78 is 9.58. The molecule has 1 aliphatic heterocycles. The highest BCUT2D eigenvalue weighted by atomic mass is 28.3. The summed E-state index contributed by atoms with van der Waals surface area (Å²) in [6.45, 7) is 0. The zero-order chi connectivity index (χ0) is 38.0. The van der Waals surface area contributed by atoms with Crippen molar-refractivity contribution in [2.75, 3.05) is 0 Å². The third-order valence-corrected chi connectivity index (χ3v) is 18.1. The Kier molecular flexibility index (Phi) is 6.43. The Bertz CT molecular complexity index is 3380. The van der Waals surface area contributed by atoms with E-state index in [2.05, 4.69) is 217 Å². The van der Waals surface area contributed by atoms with Gasteiger partial charge in [0.25, 0.3) is 0 Å². The first-order chi connectivity index (χ1) is 28.8. The van der Waals surface area contributed by atoms with E-state index in [1.807, 2.05) is 0 Å².